The second-order valence-electron chi connectivity index (χ2n) is 12.0. The fraction of sp³-hybridized carbons (Fsp3) is 0.971. The van der Waals surface area contributed by atoms with Gasteiger partial charge in [-0.3, -0.25) is 13.8 Å². The van der Waals surface area contributed by atoms with Crippen molar-refractivity contribution in [3.8, 4) is 0 Å². The summed E-state index contributed by atoms with van der Waals surface area (Å²) in [5.41, 5.74) is 0. The lowest BCUT2D eigenvalue weighted by Gasteiger charge is -2.20. The first kappa shape index (κ1) is 42.7. The van der Waals surface area contributed by atoms with E-state index in [4.69, 9.17) is 14.2 Å². The number of carboxylic acids is 1. The number of hydrogen-bond acceptors (Lipinski definition) is 4. The highest BCUT2D eigenvalue weighted by molar-refractivity contribution is 7.47. The first-order valence-corrected chi connectivity index (χ1v) is 19.1. The molecule has 0 aromatic heterocycles. The summed E-state index contributed by atoms with van der Waals surface area (Å²) in [7, 11) is -3.89. The third-order valence-electron chi connectivity index (χ3n) is 8.03. The zero-order chi connectivity index (χ0) is 31.0. The minimum atomic E-state index is -3.89. The molecule has 0 amide bonds. The highest BCUT2D eigenvalue weighted by Gasteiger charge is 2.24. The molecule has 7 heteroatoms. The van der Waals surface area contributed by atoms with E-state index in [0.717, 1.165) is 64.2 Å². The first-order valence-electron chi connectivity index (χ1n) is 17.6. The molecule has 6 nitrogen and oxygen atoms in total. The average molecular weight is 607 g/mol. The van der Waals surface area contributed by atoms with E-state index in [1.807, 2.05) is 0 Å². The monoisotopic (exact) mass is 606 g/mol. The van der Waals surface area contributed by atoms with Gasteiger partial charge in [-0.2, -0.15) is 0 Å². The number of phosphoric acid groups is 1. The highest BCUT2D eigenvalue weighted by atomic mass is 31.2. The van der Waals surface area contributed by atoms with Crippen LogP contribution in [-0.4, -0.2) is 29.2 Å². The van der Waals surface area contributed by atoms with E-state index in [1.165, 1.54) is 83.5 Å². The third kappa shape index (κ3) is 33.9. The molecule has 41 heavy (non-hydrogen) atoms. The number of hydrogen-bond donors (Lipinski definition) is 2. The summed E-state index contributed by atoms with van der Waals surface area (Å²) in [6.07, 6.45) is 28.8. The minimum absolute atomic E-state index is 0.316. The molecule has 0 spiro atoms. The molecule has 0 saturated carbocycles. The summed E-state index contributed by atoms with van der Waals surface area (Å²) in [6.45, 7) is 11.4. The van der Waals surface area contributed by atoms with Crippen LogP contribution in [0.15, 0.2) is 0 Å². The van der Waals surface area contributed by atoms with E-state index in [0.29, 0.717) is 31.5 Å². The summed E-state index contributed by atoms with van der Waals surface area (Å²) in [4.78, 5) is 20.1. The van der Waals surface area contributed by atoms with E-state index in [-0.39, 0.29) is 0 Å². The topological polar surface area (TPSA) is 93.1 Å². The van der Waals surface area contributed by atoms with Gasteiger partial charge < -0.3 is 10.00 Å². The number of aliphatic carboxylic acids is 1. The van der Waals surface area contributed by atoms with Gasteiger partial charge in [-0.1, -0.05) is 163 Å². The molecule has 248 valence electrons. The molecule has 0 aliphatic carbocycles. The van der Waals surface area contributed by atoms with Crippen molar-refractivity contribution in [3.05, 3.63) is 0 Å². The average Bonchev–Trinajstić information content (AvgIpc) is 2.95. The van der Waals surface area contributed by atoms with Crippen molar-refractivity contribution in [2.24, 2.45) is 11.8 Å². The molecular weight excluding hydrogens is 535 g/mol. The van der Waals surface area contributed by atoms with E-state index in [1.54, 1.807) is 0 Å². The molecule has 2 atom stereocenters. The molecule has 0 radical (unpaired) electrons. The van der Waals surface area contributed by atoms with Crippen molar-refractivity contribution in [3.63, 3.8) is 0 Å². The third-order valence-corrected chi connectivity index (χ3v) is 8.98. The Kier molecular flexibility index (Phi) is 33.8. The molecule has 0 aromatic carbocycles. The van der Waals surface area contributed by atoms with Crippen molar-refractivity contribution in [2.45, 2.75) is 189 Å². The summed E-state index contributed by atoms with van der Waals surface area (Å²) < 4.78 is 22.2. The van der Waals surface area contributed by atoms with Crippen molar-refractivity contribution >= 4 is 13.8 Å². The van der Waals surface area contributed by atoms with Crippen LogP contribution >= 0.6 is 7.82 Å². The van der Waals surface area contributed by atoms with Gasteiger partial charge in [0.2, 0.25) is 0 Å². The van der Waals surface area contributed by atoms with Gasteiger partial charge in [-0.25, -0.2) is 4.57 Å². The molecular formula is C34H71O6P. The van der Waals surface area contributed by atoms with Crippen LogP contribution in [0, 0.1) is 11.8 Å². The van der Waals surface area contributed by atoms with Crippen LogP contribution in [0.1, 0.15) is 189 Å². The van der Waals surface area contributed by atoms with Crippen LogP contribution in [0.5, 0.6) is 0 Å². The highest BCUT2D eigenvalue weighted by Crippen LogP contribution is 2.44. The molecule has 0 fully saturated rings. The normalized spacial score (nSPS) is 14.2. The molecule has 0 rings (SSSR count). The smallest absolute Gasteiger partial charge is 0.472 e. The van der Waals surface area contributed by atoms with Gasteiger partial charge in [0.05, 0.1) is 13.2 Å². The Morgan fingerprint density at radius 2 is 0.878 bits per heavy atom. The standard InChI is InChI=1S/C18H36O2.C16H35O4P/c1-2-3-4-5-6-7-8-9-10-11-12-13-14-15-16-17-18(19)20;1-5-9-11-15(7-3)13-19-21(17,18)20-14-16(8-4)12-10-6-2/h2-17H2,1H3,(H,19,20);15-16H,5-14H2,1-4H3,(H,17,18). The van der Waals surface area contributed by atoms with Crippen LogP contribution in [0.4, 0.5) is 0 Å². The van der Waals surface area contributed by atoms with Crippen LogP contribution in [0.2, 0.25) is 0 Å². The van der Waals surface area contributed by atoms with Crippen molar-refractivity contribution in [1.29, 1.82) is 0 Å². The Morgan fingerprint density at radius 1 is 0.561 bits per heavy atom. The quantitative estimate of drug-likeness (QED) is 0.0624. The molecule has 2 unspecified atom stereocenters. The molecule has 0 heterocycles. The van der Waals surface area contributed by atoms with Gasteiger partial charge >= 0.3 is 13.8 Å². The van der Waals surface area contributed by atoms with Gasteiger partial charge in [0, 0.05) is 6.42 Å². The van der Waals surface area contributed by atoms with Crippen LogP contribution < -0.4 is 0 Å². The van der Waals surface area contributed by atoms with Gasteiger partial charge in [0.15, 0.2) is 0 Å². The van der Waals surface area contributed by atoms with E-state index >= 15 is 0 Å². The number of phosphoric ester groups is 1. The number of rotatable bonds is 30. The second kappa shape index (κ2) is 32.5. The summed E-state index contributed by atoms with van der Waals surface area (Å²) in [5, 5.41) is 8.52. The summed E-state index contributed by atoms with van der Waals surface area (Å²) >= 11 is 0. The Bertz CT molecular complexity index is 562. The molecule has 0 saturated heterocycles. The number of carboxylic acid groups (broad SMARTS) is 1. The van der Waals surface area contributed by atoms with Gasteiger partial charge in [0.1, 0.15) is 0 Å². The SMILES string of the molecule is CCCCC(CC)COP(=O)(O)OCC(CC)CCCC.CCCCCCCCCCCCCCCCCC(=O)O. The maximum atomic E-state index is 11.9. The zero-order valence-corrected chi connectivity index (χ0v) is 28.9. The molecule has 0 aromatic rings. The van der Waals surface area contributed by atoms with Gasteiger partial charge in [-0.05, 0) is 31.1 Å². The Hall–Kier alpha value is -0.420. The fourth-order valence-corrected chi connectivity index (χ4v) is 5.75. The molecule has 0 aliphatic rings. The molecule has 0 aliphatic heterocycles. The van der Waals surface area contributed by atoms with Crippen molar-refractivity contribution in [1.82, 2.24) is 0 Å². The summed E-state index contributed by atoms with van der Waals surface area (Å²) in [5.74, 6) is 0.0341. The van der Waals surface area contributed by atoms with Crippen LogP contribution in [0.3, 0.4) is 0 Å². The van der Waals surface area contributed by atoms with E-state index < -0.39 is 13.8 Å². The lowest BCUT2D eigenvalue weighted by Crippen LogP contribution is -2.12. The predicted molar refractivity (Wildman–Crippen MR) is 176 cm³/mol. The number of carbonyl (C=O) groups is 1. The lowest BCUT2D eigenvalue weighted by molar-refractivity contribution is -0.137. The summed E-state index contributed by atoms with van der Waals surface area (Å²) in [6, 6.07) is 0. The maximum Gasteiger partial charge on any atom is 0.472 e. The molecule has 2 N–H and O–H groups in total. The maximum absolute atomic E-state index is 11.9. The van der Waals surface area contributed by atoms with E-state index in [9.17, 15) is 14.3 Å². The lowest BCUT2D eigenvalue weighted by atomic mass is 10.0. The largest absolute Gasteiger partial charge is 0.481 e. The Morgan fingerprint density at radius 3 is 1.17 bits per heavy atom. The zero-order valence-electron chi connectivity index (χ0n) is 28.0. The molecule has 0 bridgehead atoms. The first-order chi connectivity index (χ1) is 19.8. The Labute approximate surface area is 255 Å². The van der Waals surface area contributed by atoms with Crippen molar-refractivity contribution in [2.75, 3.05) is 13.2 Å². The van der Waals surface area contributed by atoms with Gasteiger partial charge in [0.25, 0.3) is 0 Å². The van der Waals surface area contributed by atoms with Gasteiger partial charge in [-0.15, -0.1) is 0 Å². The van der Waals surface area contributed by atoms with Crippen LogP contribution in [0.25, 0.3) is 0 Å². The van der Waals surface area contributed by atoms with Crippen molar-refractivity contribution < 1.29 is 28.4 Å². The number of unbranched alkanes of at least 4 members (excludes halogenated alkanes) is 16. The fourth-order valence-electron chi connectivity index (χ4n) is 4.88. The second-order valence-corrected chi connectivity index (χ2v) is 13.4. The predicted octanol–water partition coefficient (Wildman–Crippen LogP) is 11.9. The minimum Gasteiger partial charge on any atom is -0.481 e. The van der Waals surface area contributed by atoms with Crippen LogP contribution in [-0.2, 0) is 18.4 Å². The van der Waals surface area contributed by atoms with E-state index in [2.05, 4.69) is 34.6 Å². The Balaban J connectivity index is 0.